The van der Waals surface area contributed by atoms with E-state index in [-0.39, 0.29) is 24.5 Å². The normalized spacial score (nSPS) is 14.8. The molecule has 1 amide bonds. The summed E-state index contributed by atoms with van der Waals surface area (Å²) >= 11 is 0. The molecule has 0 aromatic heterocycles. The number of ketones is 1. The molecule has 1 atom stereocenters. The van der Waals surface area contributed by atoms with Gasteiger partial charge in [-0.1, -0.05) is 26.0 Å². The van der Waals surface area contributed by atoms with Crippen molar-refractivity contribution in [1.82, 2.24) is 5.32 Å². The zero-order chi connectivity index (χ0) is 20.0. The zero-order valence-corrected chi connectivity index (χ0v) is 16.1. The Morgan fingerprint density at radius 2 is 1.93 bits per heavy atom. The molecular formula is C21H26N2O4. The molecule has 0 saturated heterocycles. The fraction of sp³-hybridized carbons (Fsp3) is 0.524. The molecule has 0 aliphatic heterocycles. The van der Waals surface area contributed by atoms with Crippen LogP contribution >= 0.6 is 0 Å². The molecule has 6 heteroatoms. The molecule has 0 spiro atoms. The number of fused-ring (bicyclic) bond motifs is 1. The number of carbonyl (C=O) groups is 3. The zero-order valence-electron chi connectivity index (χ0n) is 16.1. The third kappa shape index (κ3) is 5.40. The van der Waals surface area contributed by atoms with Gasteiger partial charge in [-0.2, -0.15) is 5.26 Å². The van der Waals surface area contributed by atoms with Crippen LogP contribution in [0.3, 0.4) is 0 Å². The van der Waals surface area contributed by atoms with Gasteiger partial charge in [-0.3, -0.25) is 14.4 Å². The fourth-order valence-electron chi connectivity index (χ4n) is 2.95. The number of esters is 1. The Kier molecular flexibility index (Phi) is 6.73. The van der Waals surface area contributed by atoms with E-state index >= 15 is 0 Å². The lowest BCUT2D eigenvalue weighted by Crippen LogP contribution is -2.50. The molecule has 0 heterocycles. The van der Waals surface area contributed by atoms with Crippen LogP contribution in [0.5, 0.6) is 0 Å². The van der Waals surface area contributed by atoms with Gasteiger partial charge in [0.25, 0.3) is 5.91 Å². The quantitative estimate of drug-likeness (QED) is 0.561. The van der Waals surface area contributed by atoms with Gasteiger partial charge in [-0.05, 0) is 49.3 Å². The molecule has 144 valence electrons. The van der Waals surface area contributed by atoms with Crippen molar-refractivity contribution in [1.29, 1.82) is 5.26 Å². The predicted octanol–water partition coefficient (Wildman–Crippen LogP) is 2.74. The van der Waals surface area contributed by atoms with E-state index < -0.39 is 24.0 Å². The Balaban J connectivity index is 1.77. The summed E-state index contributed by atoms with van der Waals surface area (Å²) in [5.41, 5.74) is 2.10. The lowest BCUT2D eigenvalue weighted by atomic mass is 9.90. The van der Waals surface area contributed by atoms with E-state index in [1.54, 1.807) is 13.0 Å². The van der Waals surface area contributed by atoms with Gasteiger partial charge in [0.05, 0.1) is 12.5 Å². The van der Waals surface area contributed by atoms with Gasteiger partial charge in [0, 0.05) is 12.0 Å². The second-order valence-electron chi connectivity index (χ2n) is 7.44. The predicted molar refractivity (Wildman–Crippen MR) is 100.0 cm³/mol. The summed E-state index contributed by atoms with van der Waals surface area (Å²) in [5, 5.41) is 11.8. The number of hydrogen-bond acceptors (Lipinski definition) is 5. The Morgan fingerprint density at radius 3 is 2.59 bits per heavy atom. The van der Waals surface area contributed by atoms with Crippen molar-refractivity contribution in [2.75, 3.05) is 6.61 Å². The van der Waals surface area contributed by atoms with Gasteiger partial charge >= 0.3 is 5.97 Å². The number of nitrogens with zero attached hydrogens (tertiary/aromatic N) is 1. The first-order valence-corrected chi connectivity index (χ1v) is 9.28. The molecule has 0 bridgehead atoms. The molecule has 1 aromatic carbocycles. The lowest BCUT2D eigenvalue weighted by Gasteiger charge is -2.27. The monoisotopic (exact) mass is 370 g/mol. The fourth-order valence-corrected chi connectivity index (χ4v) is 2.95. The molecule has 27 heavy (non-hydrogen) atoms. The van der Waals surface area contributed by atoms with E-state index in [2.05, 4.69) is 11.4 Å². The maximum absolute atomic E-state index is 12.3. The van der Waals surface area contributed by atoms with E-state index in [0.717, 1.165) is 19.3 Å². The Bertz CT molecular complexity index is 779. The number of rotatable bonds is 8. The van der Waals surface area contributed by atoms with Crippen LogP contribution in [0.15, 0.2) is 18.2 Å². The summed E-state index contributed by atoms with van der Waals surface area (Å²) < 4.78 is 4.92. The number of aryl methyl sites for hydroxylation is 2. The van der Waals surface area contributed by atoms with E-state index in [9.17, 15) is 19.6 Å². The number of ether oxygens (including phenoxy) is 1. The van der Waals surface area contributed by atoms with Crippen LogP contribution in [-0.2, 0) is 27.2 Å². The van der Waals surface area contributed by atoms with E-state index in [1.165, 1.54) is 11.1 Å². The van der Waals surface area contributed by atoms with Crippen LogP contribution < -0.4 is 5.32 Å². The number of nitrogens with one attached hydrogen (secondary N) is 1. The summed E-state index contributed by atoms with van der Waals surface area (Å²) in [6.07, 6.45) is 3.12. The molecule has 0 radical (unpaired) electrons. The molecule has 1 aromatic rings. The van der Waals surface area contributed by atoms with Gasteiger partial charge in [0.15, 0.2) is 12.4 Å². The van der Waals surface area contributed by atoms with Crippen LogP contribution in [0.4, 0.5) is 0 Å². The summed E-state index contributed by atoms with van der Waals surface area (Å²) in [6.45, 7) is 4.79. The summed E-state index contributed by atoms with van der Waals surface area (Å²) in [5.74, 6) is -1.34. The SMILES string of the molecule is CC(C)[C@](C)(C#N)NC(=O)COC(=O)CCC(=O)c1ccc2c(c1)CCC2. The second-order valence-corrected chi connectivity index (χ2v) is 7.44. The molecular weight excluding hydrogens is 344 g/mol. The summed E-state index contributed by atoms with van der Waals surface area (Å²) in [6, 6.07) is 7.76. The average Bonchev–Trinajstić information content (AvgIpc) is 3.11. The van der Waals surface area contributed by atoms with Gasteiger partial charge in [-0.15, -0.1) is 0 Å². The van der Waals surface area contributed by atoms with Crippen LogP contribution in [0.2, 0.25) is 0 Å². The van der Waals surface area contributed by atoms with Crippen LogP contribution in [0.25, 0.3) is 0 Å². The topological polar surface area (TPSA) is 96.3 Å². The van der Waals surface area contributed by atoms with Crippen molar-refractivity contribution in [3.8, 4) is 6.07 Å². The minimum atomic E-state index is -1.02. The number of carbonyl (C=O) groups excluding carboxylic acids is 3. The highest BCUT2D eigenvalue weighted by Crippen LogP contribution is 2.23. The largest absolute Gasteiger partial charge is 0.456 e. The Morgan fingerprint density at radius 1 is 1.22 bits per heavy atom. The number of nitriles is 1. The minimum absolute atomic E-state index is 0.0428. The first-order chi connectivity index (χ1) is 12.7. The van der Waals surface area contributed by atoms with E-state index in [0.29, 0.717) is 5.56 Å². The summed E-state index contributed by atoms with van der Waals surface area (Å²) in [4.78, 5) is 36.0. The molecule has 2 rings (SSSR count). The maximum Gasteiger partial charge on any atom is 0.306 e. The maximum atomic E-state index is 12.3. The van der Waals surface area contributed by atoms with Crippen molar-refractivity contribution in [2.45, 2.75) is 58.4 Å². The minimum Gasteiger partial charge on any atom is -0.456 e. The van der Waals surface area contributed by atoms with Crippen LogP contribution in [-0.4, -0.2) is 29.8 Å². The molecule has 0 saturated carbocycles. The van der Waals surface area contributed by atoms with Crippen molar-refractivity contribution >= 4 is 17.7 Å². The number of benzene rings is 1. The molecule has 0 fully saturated rings. The first-order valence-electron chi connectivity index (χ1n) is 9.28. The van der Waals surface area contributed by atoms with Gasteiger partial charge in [-0.25, -0.2) is 0 Å². The second kappa shape index (κ2) is 8.81. The van der Waals surface area contributed by atoms with Crippen LogP contribution in [0.1, 0.15) is 61.5 Å². The van der Waals surface area contributed by atoms with Crippen molar-refractivity contribution < 1.29 is 19.1 Å². The lowest BCUT2D eigenvalue weighted by molar-refractivity contribution is -0.148. The van der Waals surface area contributed by atoms with E-state index in [1.807, 2.05) is 26.0 Å². The third-order valence-electron chi connectivity index (χ3n) is 5.13. The van der Waals surface area contributed by atoms with Crippen molar-refractivity contribution in [2.24, 2.45) is 5.92 Å². The van der Waals surface area contributed by atoms with Gasteiger partial charge in [0.2, 0.25) is 0 Å². The van der Waals surface area contributed by atoms with Crippen LogP contribution in [0, 0.1) is 17.2 Å². The highest BCUT2D eigenvalue weighted by atomic mass is 16.5. The van der Waals surface area contributed by atoms with Gasteiger partial charge in [0.1, 0.15) is 5.54 Å². The number of amides is 1. The van der Waals surface area contributed by atoms with E-state index in [4.69, 9.17) is 4.74 Å². The van der Waals surface area contributed by atoms with Crippen molar-refractivity contribution in [3.05, 3.63) is 34.9 Å². The van der Waals surface area contributed by atoms with Crippen molar-refractivity contribution in [3.63, 3.8) is 0 Å². The molecule has 1 aliphatic rings. The molecule has 0 unspecified atom stereocenters. The third-order valence-corrected chi connectivity index (χ3v) is 5.13. The Labute approximate surface area is 159 Å². The Hall–Kier alpha value is -2.68. The highest BCUT2D eigenvalue weighted by molar-refractivity contribution is 5.98. The highest BCUT2D eigenvalue weighted by Gasteiger charge is 2.30. The summed E-state index contributed by atoms with van der Waals surface area (Å²) in [7, 11) is 0. The smallest absolute Gasteiger partial charge is 0.306 e. The molecule has 1 N–H and O–H groups in total. The standard InChI is InChI=1S/C21H26N2O4/c1-14(2)21(3,13-22)23-19(25)12-27-20(26)10-9-18(24)17-8-7-15-5-4-6-16(15)11-17/h7-8,11,14H,4-6,9-10,12H2,1-3H3,(H,23,25)/t21-/m0/s1. The number of hydrogen-bond donors (Lipinski definition) is 1. The number of Topliss-reactive ketones (excluding diaryl/α,β-unsaturated/α-hetero) is 1. The molecule has 1 aliphatic carbocycles. The molecule has 6 nitrogen and oxygen atoms in total. The van der Waals surface area contributed by atoms with Gasteiger partial charge < -0.3 is 10.1 Å². The first kappa shape index (κ1) is 20.6. The average molecular weight is 370 g/mol.